The summed E-state index contributed by atoms with van der Waals surface area (Å²) >= 11 is 0. The first-order valence-electron chi connectivity index (χ1n) is 9.26. The van der Waals surface area contributed by atoms with E-state index in [0.717, 1.165) is 30.4 Å². The summed E-state index contributed by atoms with van der Waals surface area (Å²) in [6.07, 6.45) is 3.02. The van der Waals surface area contributed by atoms with E-state index in [0.29, 0.717) is 26.1 Å². The molecule has 1 spiro atoms. The lowest BCUT2D eigenvalue weighted by atomic mass is 9.64. The van der Waals surface area contributed by atoms with Gasteiger partial charge in [0.2, 0.25) is 0 Å². The number of carbonyl (C=O) groups excluding carboxylic acids is 2. The van der Waals surface area contributed by atoms with E-state index in [1.54, 1.807) is 4.90 Å². The Balaban J connectivity index is 1.40. The predicted octanol–water partition coefficient (Wildman–Crippen LogP) is 4.33. The molecule has 1 heterocycles. The Morgan fingerprint density at radius 3 is 2.42 bits per heavy atom. The van der Waals surface area contributed by atoms with E-state index in [1.807, 2.05) is 48.5 Å². The fourth-order valence-electron chi connectivity index (χ4n) is 4.26. The van der Waals surface area contributed by atoms with Gasteiger partial charge in [-0.25, -0.2) is 4.79 Å². The van der Waals surface area contributed by atoms with Crippen LogP contribution < -0.4 is 0 Å². The van der Waals surface area contributed by atoms with Crippen molar-refractivity contribution in [2.75, 3.05) is 13.1 Å². The molecule has 0 saturated carbocycles. The highest BCUT2D eigenvalue weighted by Gasteiger charge is 2.42. The highest BCUT2D eigenvalue weighted by Crippen LogP contribution is 2.44. The van der Waals surface area contributed by atoms with Crippen LogP contribution in [0, 0.1) is 0 Å². The van der Waals surface area contributed by atoms with Gasteiger partial charge in [-0.2, -0.15) is 0 Å². The van der Waals surface area contributed by atoms with Crippen LogP contribution in [0.15, 0.2) is 54.6 Å². The lowest BCUT2D eigenvalue weighted by Crippen LogP contribution is -2.47. The first-order chi connectivity index (χ1) is 12.7. The summed E-state index contributed by atoms with van der Waals surface area (Å²) in [5.74, 6) is 0.246. The van der Waals surface area contributed by atoms with Crippen molar-refractivity contribution in [3.63, 3.8) is 0 Å². The minimum Gasteiger partial charge on any atom is -0.445 e. The van der Waals surface area contributed by atoms with Crippen molar-refractivity contribution in [1.29, 1.82) is 0 Å². The van der Waals surface area contributed by atoms with Crippen molar-refractivity contribution in [3.05, 3.63) is 71.3 Å². The van der Waals surface area contributed by atoms with Crippen LogP contribution in [0.2, 0.25) is 0 Å². The van der Waals surface area contributed by atoms with Crippen LogP contribution in [0.1, 0.15) is 47.2 Å². The zero-order valence-electron chi connectivity index (χ0n) is 14.8. The van der Waals surface area contributed by atoms with Crippen molar-refractivity contribution in [3.8, 4) is 0 Å². The first kappa shape index (κ1) is 16.8. The van der Waals surface area contributed by atoms with E-state index in [1.165, 1.54) is 5.56 Å². The van der Waals surface area contributed by atoms with Crippen molar-refractivity contribution >= 4 is 11.9 Å². The van der Waals surface area contributed by atoms with E-state index in [2.05, 4.69) is 6.07 Å². The molecule has 134 valence electrons. The van der Waals surface area contributed by atoms with Gasteiger partial charge in [-0.05, 0) is 35.8 Å². The summed E-state index contributed by atoms with van der Waals surface area (Å²) in [5, 5.41) is 0. The number of Topliss-reactive ketones (excluding diaryl/α,β-unsaturated/α-hetero) is 1. The topological polar surface area (TPSA) is 46.6 Å². The Hall–Kier alpha value is -2.62. The molecule has 0 unspecified atom stereocenters. The van der Waals surface area contributed by atoms with Crippen LogP contribution in [0.5, 0.6) is 0 Å². The van der Waals surface area contributed by atoms with Gasteiger partial charge in [-0.1, -0.05) is 54.6 Å². The third-order valence-corrected chi connectivity index (χ3v) is 5.81. The normalized spacial score (nSPS) is 18.5. The van der Waals surface area contributed by atoms with Gasteiger partial charge in [0.1, 0.15) is 6.61 Å². The van der Waals surface area contributed by atoms with Gasteiger partial charge in [-0.15, -0.1) is 0 Å². The Kier molecular flexibility index (Phi) is 4.49. The Bertz CT molecular complexity index is 807. The SMILES string of the molecule is O=C1CCC2(CCN(C(=O)OCc3ccccc3)CC2)c2ccccc21. The lowest BCUT2D eigenvalue weighted by molar-refractivity contribution is 0.0715. The quantitative estimate of drug-likeness (QED) is 0.810. The molecule has 26 heavy (non-hydrogen) atoms. The zero-order chi connectivity index (χ0) is 18.0. The van der Waals surface area contributed by atoms with E-state index in [-0.39, 0.29) is 17.3 Å². The summed E-state index contributed by atoms with van der Waals surface area (Å²) in [6, 6.07) is 17.7. The second-order valence-electron chi connectivity index (χ2n) is 7.28. The molecular formula is C22H23NO3. The van der Waals surface area contributed by atoms with Crippen LogP contribution in [0.4, 0.5) is 4.79 Å². The molecule has 2 aromatic rings. The summed E-state index contributed by atoms with van der Waals surface area (Å²) < 4.78 is 5.46. The zero-order valence-corrected chi connectivity index (χ0v) is 14.8. The average Bonchev–Trinajstić information content (AvgIpc) is 2.71. The Morgan fingerprint density at radius 2 is 1.65 bits per heavy atom. The number of piperidine rings is 1. The number of likely N-dealkylation sites (tertiary alicyclic amines) is 1. The number of nitrogens with zero attached hydrogens (tertiary/aromatic N) is 1. The molecular weight excluding hydrogens is 326 g/mol. The molecule has 1 fully saturated rings. The standard InChI is InChI=1S/C22H23NO3/c24-20-10-11-22(19-9-5-4-8-18(19)20)12-14-23(15-13-22)21(25)26-16-17-6-2-1-3-7-17/h1-9H,10-16H2. The van der Waals surface area contributed by atoms with Crippen LogP contribution in [-0.2, 0) is 16.8 Å². The maximum Gasteiger partial charge on any atom is 0.410 e. The summed E-state index contributed by atoms with van der Waals surface area (Å²) in [6.45, 7) is 1.66. The Morgan fingerprint density at radius 1 is 0.962 bits per heavy atom. The Labute approximate surface area is 153 Å². The van der Waals surface area contributed by atoms with Crippen LogP contribution in [-0.4, -0.2) is 29.9 Å². The number of rotatable bonds is 2. The predicted molar refractivity (Wildman–Crippen MR) is 99.1 cm³/mol. The summed E-state index contributed by atoms with van der Waals surface area (Å²) in [4.78, 5) is 26.4. The molecule has 1 aliphatic carbocycles. The number of ether oxygens (including phenoxy) is 1. The minimum absolute atomic E-state index is 0.0285. The number of ketones is 1. The smallest absolute Gasteiger partial charge is 0.410 e. The van der Waals surface area contributed by atoms with Gasteiger partial charge in [0.15, 0.2) is 5.78 Å². The van der Waals surface area contributed by atoms with Crippen molar-refractivity contribution in [1.82, 2.24) is 4.90 Å². The number of benzene rings is 2. The third-order valence-electron chi connectivity index (χ3n) is 5.81. The molecule has 4 rings (SSSR count). The monoisotopic (exact) mass is 349 g/mol. The van der Waals surface area contributed by atoms with Gasteiger partial charge in [0, 0.05) is 25.1 Å². The number of amides is 1. The molecule has 1 amide bonds. The number of hydrogen-bond donors (Lipinski definition) is 0. The molecule has 0 N–H and O–H groups in total. The number of fused-ring (bicyclic) bond motifs is 2. The highest BCUT2D eigenvalue weighted by atomic mass is 16.6. The second kappa shape index (κ2) is 6.94. The van der Waals surface area contributed by atoms with Crippen molar-refractivity contribution in [2.45, 2.75) is 37.7 Å². The van der Waals surface area contributed by atoms with Gasteiger partial charge in [0.25, 0.3) is 0 Å². The van der Waals surface area contributed by atoms with Gasteiger partial charge in [0.05, 0.1) is 0 Å². The molecule has 2 aromatic carbocycles. The average molecular weight is 349 g/mol. The fourth-order valence-corrected chi connectivity index (χ4v) is 4.26. The van der Waals surface area contributed by atoms with Crippen LogP contribution >= 0.6 is 0 Å². The van der Waals surface area contributed by atoms with Gasteiger partial charge >= 0.3 is 6.09 Å². The fraction of sp³-hybridized carbons (Fsp3) is 0.364. The van der Waals surface area contributed by atoms with Gasteiger partial charge in [-0.3, -0.25) is 4.79 Å². The molecule has 2 aliphatic rings. The second-order valence-corrected chi connectivity index (χ2v) is 7.28. The molecule has 0 atom stereocenters. The molecule has 0 bridgehead atoms. The van der Waals surface area contributed by atoms with Crippen LogP contribution in [0.25, 0.3) is 0 Å². The van der Waals surface area contributed by atoms with Crippen LogP contribution in [0.3, 0.4) is 0 Å². The minimum atomic E-state index is -0.246. The lowest BCUT2D eigenvalue weighted by Gasteiger charge is -2.44. The van der Waals surface area contributed by atoms with Crippen molar-refractivity contribution < 1.29 is 14.3 Å². The molecule has 1 aliphatic heterocycles. The van der Waals surface area contributed by atoms with E-state index >= 15 is 0 Å². The molecule has 0 aromatic heterocycles. The molecule has 1 saturated heterocycles. The third kappa shape index (κ3) is 3.12. The summed E-state index contributed by atoms with van der Waals surface area (Å²) in [7, 11) is 0. The van der Waals surface area contributed by atoms with E-state index in [4.69, 9.17) is 4.74 Å². The van der Waals surface area contributed by atoms with E-state index < -0.39 is 0 Å². The molecule has 0 radical (unpaired) electrons. The van der Waals surface area contributed by atoms with Gasteiger partial charge < -0.3 is 9.64 Å². The molecule has 4 heteroatoms. The highest BCUT2D eigenvalue weighted by molar-refractivity contribution is 5.99. The number of hydrogen-bond acceptors (Lipinski definition) is 3. The largest absolute Gasteiger partial charge is 0.445 e. The molecule has 4 nitrogen and oxygen atoms in total. The maximum absolute atomic E-state index is 12.4. The summed E-state index contributed by atoms with van der Waals surface area (Å²) in [5.41, 5.74) is 3.07. The van der Waals surface area contributed by atoms with Crippen molar-refractivity contribution in [2.24, 2.45) is 0 Å². The first-order valence-corrected chi connectivity index (χ1v) is 9.26. The number of carbonyl (C=O) groups is 2. The van der Waals surface area contributed by atoms with E-state index in [9.17, 15) is 9.59 Å². The maximum atomic E-state index is 12.4.